The van der Waals surface area contributed by atoms with E-state index in [1.165, 1.54) is 6.07 Å². The van der Waals surface area contributed by atoms with Crippen molar-refractivity contribution in [3.8, 4) is 5.75 Å². The summed E-state index contributed by atoms with van der Waals surface area (Å²) in [5, 5.41) is 40.1. The highest BCUT2D eigenvalue weighted by Gasteiger charge is 2.44. The third-order valence-electron chi connectivity index (χ3n) is 5.37. The SMILES string of the molecule is O=c1oc2cc(O[C@H]3O[C@@H](CO)[C@@H](O)[C@@H](O)[C@@H]3O)c(Cl)cc2c2c1CCCC2. The van der Waals surface area contributed by atoms with Crippen molar-refractivity contribution in [2.75, 3.05) is 6.61 Å². The summed E-state index contributed by atoms with van der Waals surface area (Å²) in [5.74, 6) is 0.0809. The Morgan fingerprint density at radius 3 is 2.50 bits per heavy atom. The van der Waals surface area contributed by atoms with E-state index in [0.717, 1.165) is 30.2 Å². The van der Waals surface area contributed by atoms with Crippen molar-refractivity contribution < 1.29 is 34.3 Å². The minimum Gasteiger partial charge on any atom is -0.460 e. The van der Waals surface area contributed by atoms with Gasteiger partial charge in [-0.2, -0.15) is 0 Å². The molecular weight excluding hydrogens is 392 g/mol. The zero-order valence-electron chi connectivity index (χ0n) is 14.9. The maximum atomic E-state index is 12.3. The van der Waals surface area contributed by atoms with E-state index < -0.39 is 37.3 Å². The third kappa shape index (κ3) is 3.30. The molecule has 1 aromatic carbocycles. The topological polar surface area (TPSA) is 130 Å². The molecule has 0 bridgehead atoms. The van der Waals surface area contributed by atoms with E-state index in [4.69, 9.17) is 25.5 Å². The number of hydrogen-bond acceptors (Lipinski definition) is 8. The van der Waals surface area contributed by atoms with Gasteiger partial charge in [0, 0.05) is 17.0 Å². The number of aryl methyl sites for hydroxylation is 1. The van der Waals surface area contributed by atoms with Crippen molar-refractivity contribution in [1.29, 1.82) is 0 Å². The largest absolute Gasteiger partial charge is 0.460 e. The van der Waals surface area contributed by atoms with Crippen LogP contribution in [0.1, 0.15) is 24.0 Å². The van der Waals surface area contributed by atoms with Crippen molar-refractivity contribution >= 4 is 22.6 Å². The van der Waals surface area contributed by atoms with Crippen LogP contribution in [-0.4, -0.2) is 57.7 Å². The summed E-state index contributed by atoms with van der Waals surface area (Å²) in [6.07, 6.45) is -3.75. The number of ether oxygens (including phenoxy) is 2. The summed E-state index contributed by atoms with van der Waals surface area (Å²) in [4.78, 5) is 12.3. The van der Waals surface area contributed by atoms with Crippen LogP contribution in [0.5, 0.6) is 5.75 Å². The fraction of sp³-hybridized carbons (Fsp3) is 0.526. The Labute approximate surface area is 164 Å². The smallest absolute Gasteiger partial charge is 0.339 e. The van der Waals surface area contributed by atoms with Crippen molar-refractivity contribution in [3.05, 3.63) is 38.7 Å². The fourth-order valence-corrected chi connectivity index (χ4v) is 4.03. The van der Waals surface area contributed by atoms with E-state index in [0.29, 0.717) is 17.6 Å². The van der Waals surface area contributed by atoms with E-state index in [-0.39, 0.29) is 16.4 Å². The van der Waals surface area contributed by atoms with Crippen LogP contribution in [0.2, 0.25) is 5.02 Å². The van der Waals surface area contributed by atoms with Crippen LogP contribution in [0.3, 0.4) is 0 Å². The number of halogens is 1. The second-order valence-corrected chi connectivity index (χ2v) is 7.55. The molecule has 2 aliphatic rings. The molecule has 1 aliphatic carbocycles. The number of aliphatic hydroxyl groups is 4. The summed E-state index contributed by atoms with van der Waals surface area (Å²) in [7, 11) is 0. The quantitative estimate of drug-likeness (QED) is 0.536. The lowest BCUT2D eigenvalue weighted by Crippen LogP contribution is -2.60. The van der Waals surface area contributed by atoms with Crippen LogP contribution in [0, 0.1) is 0 Å². The van der Waals surface area contributed by atoms with Gasteiger partial charge in [0.2, 0.25) is 6.29 Å². The molecular formula is C19H21ClO8. The molecule has 0 radical (unpaired) electrons. The van der Waals surface area contributed by atoms with Gasteiger partial charge in [0.25, 0.3) is 0 Å². The van der Waals surface area contributed by atoms with Crippen LogP contribution in [0.15, 0.2) is 21.3 Å². The molecule has 152 valence electrons. The molecule has 9 heteroatoms. The van der Waals surface area contributed by atoms with Crippen LogP contribution in [-0.2, 0) is 17.6 Å². The van der Waals surface area contributed by atoms with Crippen LogP contribution in [0.4, 0.5) is 0 Å². The molecule has 1 saturated heterocycles. The van der Waals surface area contributed by atoms with Gasteiger partial charge in [-0.05, 0) is 37.3 Å². The number of aliphatic hydroxyl groups excluding tert-OH is 4. The first-order valence-corrected chi connectivity index (χ1v) is 9.53. The summed E-state index contributed by atoms with van der Waals surface area (Å²) < 4.78 is 16.4. The molecule has 4 rings (SSSR count). The van der Waals surface area contributed by atoms with Crippen LogP contribution >= 0.6 is 11.6 Å². The standard InChI is InChI=1S/C19H21ClO8/c20-11-5-10-8-3-1-2-4-9(8)18(25)26-12(10)6-13(11)27-19-17(24)16(23)15(22)14(7-21)28-19/h5-6,14-17,19,21-24H,1-4,7H2/t14-,15+,16+,17-,19-/m0/s1. The average molecular weight is 413 g/mol. The number of hydrogen-bond donors (Lipinski definition) is 4. The predicted octanol–water partition coefficient (Wildman–Crippen LogP) is 0.504. The molecule has 0 spiro atoms. The van der Waals surface area contributed by atoms with Crippen molar-refractivity contribution in [2.45, 2.75) is 56.4 Å². The minimum absolute atomic E-state index is 0.0809. The Morgan fingerprint density at radius 2 is 1.79 bits per heavy atom. The summed E-state index contributed by atoms with van der Waals surface area (Å²) in [6.45, 7) is -0.572. The number of benzene rings is 1. The van der Waals surface area contributed by atoms with Gasteiger partial charge in [-0.3, -0.25) is 0 Å². The molecule has 1 fully saturated rings. The van der Waals surface area contributed by atoms with E-state index in [2.05, 4.69) is 0 Å². The second kappa shape index (κ2) is 7.62. The van der Waals surface area contributed by atoms with Gasteiger partial charge in [0.1, 0.15) is 35.7 Å². The third-order valence-corrected chi connectivity index (χ3v) is 5.66. The summed E-state index contributed by atoms with van der Waals surface area (Å²) in [5.41, 5.74) is 1.52. The zero-order valence-corrected chi connectivity index (χ0v) is 15.6. The average Bonchev–Trinajstić information content (AvgIpc) is 2.70. The lowest BCUT2D eigenvalue weighted by Gasteiger charge is -2.39. The highest BCUT2D eigenvalue weighted by atomic mass is 35.5. The minimum atomic E-state index is -1.57. The molecule has 5 atom stereocenters. The van der Waals surface area contributed by atoms with E-state index >= 15 is 0 Å². The molecule has 1 aliphatic heterocycles. The van der Waals surface area contributed by atoms with Crippen LogP contribution in [0.25, 0.3) is 11.0 Å². The maximum Gasteiger partial charge on any atom is 0.339 e. The zero-order chi connectivity index (χ0) is 20.0. The monoisotopic (exact) mass is 412 g/mol. The highest BCUT2D eigenvalue weighted by molar-refractivity contribution is 6.32. The van der Waals surface area contributed by atoms with Gasteiger partial charge in [0.05, 0.1) is 11.6 Å². The second-order valence-electron chi connectivity index (χ2n) is 7.15. The Hall–Kier alpha value is -1.68. The normalized spacial score (nSPS) is 30.2. The van der Waals surface area contributed by atoms with E-state index in [9.17, 15) is 25.2 Å². The maximum absolute atomic E-state index is 12.3. The molecule has 0 unspecified atom stereocenters. The fourth-order valence-electron chi connectivity index (χ4n) is 3.82. The van der Waals surface area contributed by atoms with Gasteiger partial charge in [-0.1, -0.05) is 11.6 Å². The molecule has 0 amide bonds. The Kier molecular flexibility index (Phi) is 5.34. The van der Waals surface area contributed by atoms with Gasteiger partial charge in [-0.15, -0.1) is 0 Å². The first-order valence-electron chi connectivity index (χ1n) is 9.16. The van der Waals surface area contributed by atoms with Gasteiger partial charge in [0.15, 0.2) is 0 Å². The van der Waals surface area contributed by atoms with Gasteiger partial charge < -0.3 is 34.3 Å². The van der Waals surface area contributed by atoms with E-state index in [1.807, 2.05) is 0 Å². The van der Waals surface area contributed by atoms with E-state index in [1.54, 1.807) is 6.07 Å². The molecule has 2 aromatic rings. The Balaban J connectivity index is 1.70. The van der Waals surface area contributed by atoms with Crippen molar-refractivity contribution in [2.24, 2.45) is 0 Å². The predicted molar refractivity (Wildman–Crippen MR) is 98.5 cm³/mol. The lowest BCUT2D eigenvalue weighted by molar-refractivity contribution is -0.277. The molecule has 2 heterocycles. The van der Waals surface area contributed by atoms with Crippen LogP contribution < -0.4 is 10.4 Å². The lowest BCUT2D eigenvalue weighted by atomic mass is 9.90. The first-order chi connectivity index (χ1) is 13.4. The number of fused-ring (bicyclic) bond motifs is 3. The molecule has 28 heavy (non-hydrogen) atoms. The van der Waals surface area contributed by atoms with Crippen molar-refractivity contribution in [3.63, 3.8) is 0 Å². The molecule has 4 N–H and O–H groups in total. The molecule has 0 saturated carbocycles. The number of rotatable bonds is 3. The summed E-state index contributed by atoms with van der Waals surface area (Å²) >= 11 is 6.34. The first kappa shape index (κ1) is 19.6. The van der Waals surface area contributed by atoms with Gasteiger partial charge in [-0.25, -0.2) is 4.79 Å². The Bertz CT molecular complexity index is 940. The molecule has 8 nitrogen and oxygen atoms in total. The van der Waals surface area contributed by atoms with Crippen molar-refractivity contribution in [1.82, 2.24) is 0 Å². The molecule has 1 aromatic heterocycles. The highest BCUT2D eigenvalue weighted by Crippen LogP contribution is 2.36. The van der Waals surface area contributed by atoms with Gasteiger partial charge >= 0.3 is 5.63 Å². The summed E-state index contributed by atoms with van der Waals surface area (Å²) in [6, 6.07) is 3.08. The Morgan fingerprint density at radius 1 is 1.07 bits per heavy atom.